The maximum absolute atomic E-state index is 13.6. The maximum Gasteiger partial charge on any atom is 0.329 e. The van der Waals surface area contributed by atoms with Gasteiger partial charge in [-0.1, -0.05) is 45.4 Å². The molecule has 5 rings (SSSR count). The number of anilines is 1. The summed E-state index contributed by atoms with van der Waals surface area (Å²) in [6, 6.07) is 11.3. The molecule has 2 aromatic rings. The fraction of sp³-hybridized carbons (Fsp3) is 0.516. The minimum atomic E-state index is -0.937. The predicted molar refractivity (Wildman–Crippen MR) is 153 cm³/mol. The van der Waals surface area contributed by atoms with Crippen LogP contribution in [0.2, 0.25) is 5.02 Å². The number of halogens is 1. The SMILES string of the molecule is [C-]#[N+]c1ccc(OC2C(C)(C)C(N3Cc4cc(N5CCC(COCC(=O)O)CC5)ccc4C3=O)C2(C)C)cc1Cl. The molecule has 3 aliphatic rings. The van der Waals surface area contributed by atoms with Crippen molar-refractivity contribution < 1.29 is 24.2 Å². The molecule has 2 aromatic carbocycles. The van der Waals surface area contributed by atoms with E-state index < -0.39 is 5.97 Å². The van der Waals surface area contributed by atoms with E-state index in [-0.39, 0.29) is 35.5 Å². The van der Waals surface area contributed by atoms with Gasteiger partial charge in [-0.25, -0.2) is 9.64 Å². The second-order valence-corrected chi connectivity index (χ2v) is 12.8. The molecule has 0 bridgehead atoms. The van der Waals surface area contributed by atoms with Gasteiger partial charge in [0.1, 0.15) is 18.5 Å². The Balaban J connectivity index is 1.25. The number of fused-ring (bicyclic) bond motifs is 1. The first-order valence-corrected chi connectivity index (χ1v) is 14.1. The third kappa shape index (κ3) is 5.02. The standard InChI is InChI=1S/C31H36ClN3O5/c1-30(2)28(31(3,4)29(30)40-22-7-9-25(33-5)24(32)15-22)35-16-20-14-21(6-8-23(20)27(35)38)34-12-10-19(11-13-34)17-39-18-26(36)37/h6-9,14-15,19,28-29H,10-13,16-18H2,1-4H3,(H,36,37). The van der Waals surface area contributed by atoms with E-state index in [1.807, 2.05) is 17.0 Å². The molecule has 1 N–H and O–H groups in total. The van der Waals surface area contributed by atoms with Crippen LogP contribution in [0.3, 0.4) is 0 Å². The van der Waals surface area contributed by atoms with Crippen LogP contribution in [-0.2, 0) is 16.1 Å². The molecule has 40 heavy (non-hydrogen) atoms. The van der Waals surface area contributed by atoms with Crippen molar-refractivity contribution in [1.82, 2.24) is 4.90 Å². The monoisotopic (exact) mass is 565 g/mol. The van der Waals surface area contributed by atoms with Gasteiger partial charge in [-0.15, -0.1) is 0 Å². The van der Waals surface area contributed by atoms with Gasteiger partial charge in [-0.2, -0.15) is 0 Å². The van der Waals surface area contributed by atoms with Crippen LogP contribution in [0.5, 0.6) is 5.75 Å². The molecule has 0 spiro atoms. The number of hydrogen-bond donors (Lipinski definition) is 1. The van der Waals surface area contributed by atoms with E-state index in [4.69, 9.17) is 32.8 Å². The van der Waals surface area contributed by atoms with Crippen LogP contribution >= 0.6 is 11.6 Å². The normalized spacial score (nSPS) is 23.4. The van der Waals surface area contributed by atoms with Gasteiger partial charge >= 0.3 is 5.97 Å². The van der Waals surface area contributed by atoms with Gasteiger partial charge in [-0.3, -0.25) is 4.79 Å². The molecule has 2 heterocycles. The lowest BCUT2D eigenvalue weighted by Crippen LogP contribution is -2.74. The van der Waals surface area contributed by atoms with Crippen molar-refractivity contribution in [3.63, 3.8) is 0 Å². The number of hydrogen-bond acceptors (Lipinski definition) is 5. The molecule has 1 saturated carbocycles. The molecule has 8 nitrogen and oxygen atoms in total. The number of rotatable bonds is 8. The van der Waals surface area contributed by atoms with Gasteiger partial charge in [0, 0.05) is 47.8 Å². The second-order valence-electron chi connectivity index (χ2n) is 12.4. The zero-order valence-electron chi connectivity index (χ0n) is 23.4. The second kappa shape index (κ2) is 10.6. The highest BCUT2D eigenvalue weighted by atomic mass is 35.5. The smallest absolute Gasteiger partial charge is 0.329 e. The van der Waals surface area contributed by atoms with Crippen molar-refractivity contribution in [2.24, 2.45) is 16.7 Å². The van der Waals surface area contributed by atoms with E-state index in [0.717, 1.165) is 42.7 Å². The highest BCUT2D eigenvalue weighted by Crippen LogP contribution is 2.59. The minimum absolute atomic E-state index is 0.0205. The lowest BCUT2D eigenvalue weighted by atomic mass is 9.49. The first kappa shape index (κ1) is 28.3. The molecular formula is C31H36ClN3O5. The van der Waals surface area contributed by atoms with E-state index >= 15 is 0 Å². The molecular weight excluding hydrogens is 530 g/mol. The molecule has 1 aliphatic carbocycles. The van der Waals surface area contributed by atoms with Crippen molar-refractivity contribution in [3.8, 4) is 5.75 Å². The summed E-state index contributed by atoms with van der Waals surface area (Å²) >= 11 is 6.25. The third-order valence-electron chi connectivity index (χ3n) is 8.85. The number of carboxylic acids is 1. The number of nitrogens with zero attached hydrogens (tertiary/aromatic N) is 3. The molecule has 0 radical (unpaired) electrons. The number of carbonyl (C=O) groups is 2. The highest BCUT2D eigenvalue weighted by Gasteiger charge is 2.67. The summed E-state index contributed by atoms with van der Waals surface area (Å²) in [7, 11) is 0. The molecule has 212 valence electrons. The molecule has 0 atom stereocenters. The van der Waals surface area contributed by atoms with Gasteiger partial charge < -0.3 is 24.4 Å². The Hall–Kier alpha value is -3.28. The summed E-state index contributed by atoms with van der Waals surface area (Å²) < 4.78 is 11.7. The summed E-state index contributed by atoms with van der Waals surface area (Å²) in [5, 5.41) is 9.15. The molecule has 9 heteroatoms. The lowest BCUT2D eigenvalue weighted by molar-refractivity contribution is -0.199. The van der Waals surface area contributed by atoms with Crippen LogP contribution < -0.4 is 9.64 Å². The largest absolute Gasteiger partial charge is 0.489 e. The lowest BCUT2D eigenvalue weighted by Gasteiger charge is -2.65. The number of carbonyl (C=O) groups excluding carboxylic acids is 1. The molecule has 2 fully saturated rings. The van der Waals surface area contributed by atoms with Gasteiger partial charge in [-0.05, 0) is 54.7 Å². The van der Waals surface area contributed by atoms with E-state index in [1.54, 1.807) is 18.2 Å². The van der Waals surface area contributed by atoms with Crippen LogP contribution in [0.1, 0.15) is 56.5 Å². The van der Waals surface area contributed by atoms with E-state index in [2.05, 4.69) is 43.5 Å². The van der Waals surface area contributed by atoms with E-state index in [9.17, 15) is 9.59 Å². The Morgan fingerprint density at radius 3 is 2.45 bits per heavy atom. The maximum atomic E-state index is 13.6. The molecule has 0 aromatic heterocycles. The number of amides is 1. The van der Waals surface area contributed by atoms with Crippen LogP contribution in [0, 0.1) is 23.3 Å². The quantitative estimate of drug-likeness (QED) is 0.393. The average Bonchev–Trinajstić information content (AvgIpc) is 3.21. The van der Waals surface area contributed by atoms with Crippen molar-refractivity contribution in [3.05, 3.63) is 64.0 Å². The van der Waals surface area contributed by atoms with Crippen LogP contribution in [0.15, 0.2) is 36.4 Å². The summed E-state index contributed by atoms with van der Waals surface area (Å²) in [5.41, 5.74) is 2.71. The number of benzene rings is 2. The number of carboxylic acid groups (broad SMARTS) is 1. The minimum Gasteiger partial charge on any atom is -0.489 e. The Kier molecular flexibility index (Phi) is 7.49. The first-order chi connectivity index (χ1) is 18.9. The van der Waals surface area contributed by atoms with Crippen LogP contribution in [0.25, 0.3) is 4.85 Å². The van der Waals surface area contributed by atoms with Crippen molar-refractivity contribution in [1.29, 1.82) is 0 Å². The Morgan fingerprint density at radius 1 is 1.12 bits per heavy atom. The number of piperidine rings is 1. The summed E-state index contributed by atoms with van der Waals surface area (Å²) in [6.45, 7) is 18.4. The van der Waals surface area contributed by atoms with Crippen LogP contribution in [-0.4, -0.2) is 60.3 Å². The fourth-order valence-electron chi connectivity index (χ4n) is 7.41. The Labute approximate surface area is 240 Å². The molecule has 2 aliphatic heterocycles. The van der Waals surface area contributed by atoms with Crippen molar-refractivity contribution in [2.45, 2.75) is 59.2 Å². The Bertz CT molecular complexity index is 1340. The fourth-order valence-corrected chi connectivity index (χ4v) is 7.62. The third-order valence-corrected chi connectivity index (χ3v) is 9.15. The zero-order valence-corrected chi connectivity index (χ0v) is 24.2. The van der Waals surface area contributed by atoms with Gasteiger partial charge in [0.25, 0.3) is 5.91 Å². The predicted octanol–water partition coefficient (Wildman–Crippen LogP) is 6.05. The average molecular weight is 566 g/mol. The van der Waals surface area contributed by atoms with E-state index in [1.165, 1.54) is 0 Å². The van der Waals surface area contributed by atoms with Crippen molar-refractivity contribution >= 4 is 34.9 Å². The number of aliphatic carboxylic acids is 1. The summed E-state index contributed by atoms with van der Waals surface area (Å²) in [5.74, 6) is 0.111. The van der Waals surface area contributed by atoms with Gasteiger partial charge in [0.2, 0.25) is 5.69 Å². The summed E-state index contributed by atoms with van der Waals surface area (Å²) in [6.07, 6.45) is 1.74. The molecule has 0 unspecified atom stereocenters. The summed E-state index contributed by atoms with van der Waals surface area (Å²) in [4.78, 5) is 32.1. The van der Waals surface area contributed by atoms with E-state index in [0.29, 0.717) is 35.5 Å². The highest BCUT2D eigenvalue weighted by molar-refractivity contribution is 6.33. The zero-order chi connectivity index (χ0) is 28.8. The van der Waals surface area contributed by atoms with Crippen molar-refractivity contribution in [2.75, 3.05) is 31.2 Å². The molecule has 1 amide bonds. The first-order valence-electron chi connectivity index (χ1n) is 13.8. The van der Waals surface area contributed by atoms with Gasteiger partial charge in [0.15, 0.2) is 0 Å². The topological polar surface area (TPSA) is 83.7 Å². The van der Waals surface area contributed by atoms with Gasteiger partial charge in [0.05, 0.1) is 18.2 Å². The number of ether oxygens (including phenoxy) is 2. The Morgan fingerprint density at radius 2 is 1.82 bits per heavy atom. The molecule has 1 saturated heterocycles. The van der Waals surface area contributed by atoms with Crippen LogP contribution in [0.4, 0.5) is 11.4 Å².